The van der Waals surface area contributed by atoms with E-state index in [4.69, 9.17) is 21.1 Å². The number of aromatic nitrogens is 2. The second-order valence-corrected chi connectivity index (χ2v) is 10.5. The van der Waals surface area contributed by atoms with Crippen LogP contribution in [0, 0.1) is 6.92 Å². The molecule has 0 aliphatic carbocycles. The van der Waals surface area contributed by atoms with Gasteiger partial charge in [0.1, 0.15) is 17.8 Å². The molecule has 1 aromatic heterocycles. The lowest BCUT2D eigenvalue weighted by Gasteiger charge is -2.38. The maximum Gasteiger partial charge on any atom is 0.272 e. The Bertz CT molecular complexity index is 1070. The number of carbonyl (C=O) groups is 1. The van der Waals surface area contributed by atoms with E-state index < -0.39 is 0 Å². The van der Waals surface area contributed by atoms with Crippen molar-refractivity contribution in [2.24, 2.45) is 0 Å². The topological polar surface area (TPSA) is 83.1 Å². The van der Waals surface area contributed by atoms with E-state index in [2.05, 4.69) is 31.2 Å². The first-order chi connectivity index (χ1) is 18.0. The van der Waals surface area contributed by atoms with Crippen LogP contribution in [-0.2, 0) is 9.47 Å². The average Bonchev–Trinajstić information content (AvgIpc) is 2.94. The monoisotopic (exact) mass is 528 g/mol. The molecule has 1 N–H and O–H groups in total. The minimum absolute atomic E-state index is 0.00450. The van der Waals surface area contributed by atoms with Crippen LogP contribution in [-0.4, -0.2) is 98.6 Å². The number of piperidine rings is 1. The summed E-state index contributed by atoms with van der Waals surface area (Å²) < 4.78 is 11.1. The molecule has 2 unspecified atom stereocenters. The SMILES string of the molecule is COC1COCCC1NC1CCN(C(=O)c2ncnc(N3CCN(c4ccccc4Cl)CC3)c2C)CC1. The number of nitrogens with one attached hydrogen (secondary N) is 1. The van der Waals surface area contributed by atoms with Gasteiger partial charge in [-0.3, -0.25) is 4.79 Å². The number of benzene rings is 1. The Balaban J connectivity index is 1.18. The fraction of sp³-hybridized carbons (Fsp3) is 0.593. The fourth-order valence-corrected chi connectivity index (χ4v) is 5.93. The maximum absolute atomic E-state index is 13.5. The summed E-state index contributed by atoms with van der Waals surface area (Å²) in [7, 11) is 1.74. The summed E-state index contributed by atoms with van der Waals surface area (Å²) in [6.45, 7) is 8.09. The van der Waals surface area contributed by atoms with Gasteiger partial charge in [0.2, 0.25) is 0 Å². The number of piperazine rings is 1. The van der Waals surface area contributed by atoms with E-state index in [0.29, 0.717) is 37.5 Å². The van der Waals surface area contributed by atoms with Gasteiger partial charge in [-0.2, -0.15) is 0 Å². The summed E-state index contributed by atoms with van der Waals surface area (Å²) in [5.74, 6) is 0.842. The van der Waals surface area contributed by atoms with E-state index >= 15 is 0 Å². The normalized spacial score (nSPS) is 23.4. The quantitative estimate of drug-likeness (QED) is 0.613. The molecule has 0 spiro atoms. The third-order valence-electron chi connectivity index (χ3n) is 7.87. The predicted molar refractivity (Wildman–Crippen MR) is 145 cm³/mol. The largest absolute Gasteiger partial charge is 0.379 e. The molecule has 5 rings (SSSR count). The number of para-hydroxylation sites is 1. The number of hydrogen-bond donors (Lipinski definition) is 1. The van der Waals surface area contributed by atoms with Crippen molar-refractivity contribution in [1.82, 2.24) is 20.2 Å². The third-order valence-corrected chi connectivity index (χ3v) is 8.19. The Morgan fingerprint density at radius 2 is 1.78 bits per heavy atom. The molecule has 3 saturated heterocycles. The van der Waals surface area contributed by atoms with E-state index in [1.165, 1.54) is 6.33 Å². The number of methoxy groups -OCH3 is 1. The summed E-state index contributed by atoms with van der Waals surface area (Å²) in [4.78, 5) is 28.9. The van der Waals surface area contributed by atoms with Crippen LogP contribution in [0.2, 0.25) is 5.02 Å². The van der Waals surface area contributed by atoms with Crippen molar-refractivity contribution in [3.63, 3.8) is 0 Å². The van der Waals surface area contributed by atoms with Gasteiger partial charge in [-0.25, -0.2) is 9.97 Å². The second-order valence-electron chi connectivity index (χ2n) is 10.1. The standard InChI is InChI=1S/C27H37ClN6O3/c1-19-25(27(35)34-10-7-20(8-11-34)31-22-9-16-37-17-24(22)36-2)29-18-30-26(19)33-14-12-32(13-15-33)23-6-4-3-5-21(23)28/h3-6,18,20,22,24,31H,7-17H2,1-2H3. The zero-order chi connectivity index (χ0) is 25.8. The highest BCUT2D eigenvalue weighted by atomic mass is 35.5. The number of carbonyl (C=O) groups excluding carboxylic acids is 1. The minimum atomic E-state index is -0.00450. The van der Waals surface area contributed by atoms with Crippen LogP contribution < -0.4 is 15.1 Å². The molecular weight excluding hydrogens is 492 g/mol. The molecule has 1 aromatic carbocycles. The first-order valence-electron chi connectivity index (χ1n) is 13.3. The first-order valence-corrected chi connectivity index (χ1v) is 13.6. The lowest BCUT2D eigenvalue weighted by atomic mass is 9.99. The molecule has 3 fully saturated rings. The molecule has 37 heavy (non-hydrogen) atoms. The summed E-state index contributed by atoms with van der Waals surface area (Å²) in [6, 6.07) is 8.63. The van der Waals surface area contributed by atoms with Crippen molar-refractivity contribution >= 4 is 29.0 Å². The highest BCUT2D eigenvalue weighted by Crippen LogP contribution is 2.28. The number of nitrogens with zero attached hydrogens (tertiary/aromatic N) is 5. The van der Waals surface area contributed by atoms with Crippen LogP contribution in [0.15, 0.2) is 30.6 Å². The summed E-state index contributed by atoms with van der Waals surface area (Å²) in [6.07, 6.45) is 4.40. The number of rotatable bonds is 6. The molecule has 9 nitrogen and oxygen atoms in total. The van der Waals surface area contributed by atoms with E-state index in [-0.39, 0.29) is 12.0 Å². The zero-order valence-corrected chi connectivity index (χ0v) is 22.5. The van der Waals surface area contributed by atoms with Gasteiger partial charge in [-0.05, 0) is 38.3 Å². The average molecular weight is 529 g/mol. The lowest BCUT2D eigenvalue weighted by Crippen LogP contribution is -2.54. The molecule has 2 aromatic rings. The first kappa shape index (κ1) is 26.2. The van der Waals surface area contributed by atoms with Crippen molar-refractivity contribution < 1.29 is 14.3 Å². The Kier molecular flexibility index (Phi) is 8.44. The van der Waals surface area contributed by atoms with Crippen LogP contribution in [0.1, 0.15) is 35.3 Å². The smallest absolute Gasteiger partial charge is 0.272 e. The van der Waals surface area contributed by atoms with Crippen LogP contribution >= 0.6 is 11.6 Å². The number of likely N-dealkylation sites (tertiary alicyclic amines) is 1. The summed E-state index contributed by atoms with van der Waals surface area (Å²) >= 11 is 6.40. The van der Waals surface area contributed by atoms with E-state index in [1.54, 1.807) is 7.11 Å². The maximum atomic E-state index is 13.5. The van der Waals surface area contributed by atoms with Crippen LogP contribution in [0.25, 0.3) is 0 Å². The molecule has 4 heterocycles. The molecular formula is C27H37ClN6O3. The highest BCUT2D eigenvalue weighted by Gasteiger charge is 2.31. The van der Waals surface area contributed by atoms with Crippen molar-refractivity contribution in [3.8, 4) is 0 Å². The number of amides is 1. The molecule has 3 aliphatic rings. The van der Waals surface area contributed by atoms with Crippen molar-refractivity contribution in [1.29, 1.82) is 0 Å². The molecule has 0 bridgehead atoms. The Morgan fingerprint density at radius 1 is 1.05 bits per heavy atom. The van der Waals surface area contributed by atoms with Gasteiger partial charge in [0.25, 0.3) is 5.91 Å². The van der Waals surface area contributed by atoms with Gasteiger partial charge in [-0.15, -0.1) is 0 Å². The molecule has 1 amide bonds. The molecule has 10 heteroatoms. The van der Waals surface area contributed by atoms with Crippen LogP contribution in [0.4, 0.5) is 11.5 Å². The van der Waals surface area contributed by atoms with Gasteiger partial charge < -0.3 is 29.5 Å². The Labute approximate surface area is 224 Å². The fourth-order valence-electron chi connectivity index (χ4n) is 5.68. The molecule has 2 atom stereocenters. The van der Waals surface area contributed by atoms with Crippen molar-refractivity contribution in [3.05, 3.63) is 46.9 Å². The number of hydrogen-bond acceptors (Lipinski definition) is 8. The second kappa shape index (κ2) is 11.9. The zero-order valence-electron chi connectivity index (χ0n) is 21.7. The summed E-state index contributed by atoms with van der Waals surface area (Å²) in [5, 5.41) is 4.52. The van der Waals surface area contributed by atoms with Gasteiger partial charge in [0, 0.05) is 70.6 Å². The lowest BCUT2D eigenvalue weighted by molar-refractivity contribution is -0.0533. The Hall–Kier alpha value is -2.46. The molecule has 0 saturated carbocycles. The van der Waals surface area contributed by atoms with Crippen LogP contribution in [0.3, 0.4) is 0 Å². The van der Waals surface area contributed by atoms with Crippen LogP contribution in [0.5, 0.6) is 0 Å². The van der Waals surface area contributed by atoms with Gasteiger partial charge in [0.05, 0.1) is 23.4 Å². The molecule has 0 radical (unpaired) electrons. The van der Waals surface area contributed by atoms with Crippen molar-refractivity contribution in [2.45, 2.75) is 44.4 Å². The van der Waals surface area contributed by atoms with Gasteiger partial charge in [-0.1, -0.05) is 23.7 Å². The minimum Gasteiger partial charge on any atom is -0.379 e. The predicted octanol–water partition coefficient (Wildman–Crippen LogP) is 2.76. The van der Waals surface area contributed by atoms with E-state index in [1.807, 2.05) is 30.0 Å². The number of halogens is 1. The highest BCUT2D eigenvalue weighted by molar-refractivity contribution is 6.33. The van der Waals surface area contributed by atoms with E-state index in [9.17, 15) is 4.79 Å². The number of ether oxygens (including phenoxy) is 2. The third kappa shape index (κ3) is 5.85. The summed E-state index contributed by atoms with van der Waals surface area (Å²) in [5.41, 5.74) is 2.42. The molecule has 3 aliphatic heterocycles. The van der Waals surface area contributed by atoms with Gasteiger partial charge in [0.15, 0.2) is 0 Å². The molecule has 200 valence electrons. The van der Waals surface area contributed by atoms with Gasteiger partial charge >= 0.3 is 0 Å². The van der Waals surface area contributed by atoms with E-state index in [0.717, 1.165) is 74.1 Å². The number of anilines is 2. The Morgan fingerprint density at radius 3 is 2.51 bits per heavy atom. The van der Waals surface area contributed by atoms with Crippen molar-refractivity contribution in [2.75, 3.05) is 69.4 Å².